The zero-order valence-electron chi connectivity index (χ0n) is 23.9. The van der Waals surface area contributed by atoms with E-state index in [9.17, 15) is 4.79 Å². The summed E-state index contributed by atoms with van der Waals surface area (Å²) in [5.74, 6) is 0.00316. The van der Waals surface area contributed by atoms with E-state index in [1.54, 1.807) is 6.08 Å². The molecule has 5 rings (SSSR count). The van der Waals surface area contributed by atoms with Crippen molar-refractivity contribution in [2.45, 2.75) is 73.4 Å². The van der Waals surface area contributed by atoms with E-state index in [0.29, 0.717) is 6.04 Å². The number of carbonyl (C=O) groups is 1. The molecule has 0 aromatic carbocycles. The molecule has 1 amide bonds. The molecule has 6 heteroatoms. The Morgan fingerprint density at radius 1 is 1.14 bits per heavy atom. The van der Waals surface area contributed by atoms with Crippen LogP contribution in [0.2, 0.25) is 0 Å². The van der Waals surface area contributed by atoms with Crippen LogP contribution in [0.1, 0.15) is 71.2 Å². The zero-order chi connectivity index (χ0) is 27.1. The number of piperazine rings is 1. The van der Waals surface area contributed by atoms with Gasteiger partial charge in [-0.25, -0.2) is 4.98 Å². The molecular weight excluding hydrogens is 458 g/mol. The molecular formula is C31H45N5O. The van der Waals surface area contributed by atoms with Crippen LogP contribution in [0, 0.1) is 6.92 Å². The predicted molar refractivity (Wildman–Crippen MR) is 156 cm³/mol. The fourth-order valence-electron chi connectivity index (χ4n) is 5.27. The van der Waals surface area contributed by atoms with Crippen LogP contribution in [-0.2, 0) is 4.79 Å². The fourth-order valence-corrected chi connectivity index (χ4v) is 5.27. The lowest BCUT2D eigenvalue weighted by Gasteiger charge is -2.41. The molecule has 2 aromatic heterocycles. The maximum atomic E-state index is 13.3. The van der Waals surface area contributed by atoms with Crippen LogP contribution in [0.15, 0.2) is 55.2 Å². The van der Waals surface area contributed by atoms with Gasteiger partial charge in [0, 0.05) is 55.9 Å². The second kappa shape index (κ2) is 12.9. The molecule has 2 aromatic rings. The molecule has 0 N–H and O–H groups in total. The van der Waals surface area contributed by atoms with Crippen molar-refractivity contribution >= 4 is 23.2 Å². The Labute approximate surface area is 223 Å². The van der Waals surface area contributed by atoms with Gasteiger partial charge >= 0.3 is 0 Å². The number of carbonyl (C=O) groups excluding carboxylic acids is 1. The van der Waals surface area contributed by atoms with Gasteiger partial charge in [0.2, 0.25) is 0 Å². The number of allylic oxidation sites excluding steroid dienone is 2. The summed E-state index contributed by atoms with van der Waals surface area (Å²) in [7, 11) is 0. The second-order valence-electron chi connectivity index (χ2n) is 9.51. The lowest BCUT2D eigenvalue weighted by molar-refractivity contribution is -0.124. The van der Waals surface area contributed by atoms with Crippen LogP contribution >= 0.6 is 0 Å². The summed E-state index contributed by atoms with van der Waals surface area (Å²) in [5.41, 5.74) is 5.86. The van der Waals surface area contributed by atoms with Gasteiger partial charge in [0.15, 0.2) is 0 Å². The molecule has 0 aliphatic carbocycles. The van der Waals surface area contributed by atoms with E-state index in [1.807, 2.05) is 75.5 Å². The molecule has 2 atom stereocenters. The topological polar surface area (TPSA) is 44.1 Å². The maximum Gasteiger partial charge on any atom is 0.251 e. The fraction of sp³-hybridized carbons (Fsp3) is 0.484. The lowest BCUT2D eigenvalue weighted by Crippen LogP contribution is -2.50. The van der Waals surface area contributed by atoms with Crippen LogP contribution in [0.5, 0.6) is 0 Å². The first-order valence-corrected chi connectivity index (χ1v) is 13.9. The van der Waals surface area contributed by atoms with Crippen molar-refractivity contribution in [2.75, 3.05) is 26.2 Å². The molecule has 2 saturated heterocycles. The standard InChI is InChI=1S/C27H33N5O.2C2H6/c1-5-22-14-23(16-31-15-20(3)28-27(22)31)19(2)13-26(33)32-18-25(9-8-21(32)4)30-12-11-29-10-6-7-24(29)17-30;2*1-2/h5,8-9,13-16,18,21,24H,1,6-7,10-12,17H2,2-4H3;2*1-2H3/b19-13+;;/t21?,24-;;/m1../s1. The SMILES string of the molecule is C=Cc1cc(/C(C)=C/C(=O)N2C=C(N3CCN4CCC[C@@H]4C3)C=CC2C)cn2cc(C)nc12.CC.CC. The quantitative estimate of drug-likeness (QED) is 0.470. The number of aryl methyl sites for hydroxylation is 1. The highest BCUT2D eigenvalue weighted by Crippen LogP contribution is 2.27. The van der Waals surface area contributed by atoms with Gasteiger partial charge in [-0.2, -0.15) is 0 Å². The number of amides is 1. The first-order chi connectivity index (χ1) is 17.9. The Hall–Kier alpha value is -3.12. The average Bonchev–Trinajstić information content (AvgIpc) is 3.55. The molecule has 1 unspecified atom stereocenters. The third kappa shape index (κ3) is 6.24. The summed E-state index contributed by atoms with van der Waals surface area (Å²) in [5, 5.41) is 0. The van der Waals surface area contributed by atoms with Crippen LogP contribution in [0.4, 0.5) is 0 Å². The number of hydrogen-bond acceptors (Lipinski definition) is 4. The summed E-state index contributed by atoms with van der Waals surface area (Å²) in [4.78, 5) is 24.8. The Morgan fingerprint density at radius 2 is 1.89 bits per heavy atom. The average molecular weight is 504 g/mol. The first-order valence-electron chi connectivity index (χ1n) is 13.9. The number of pyridine rings is 1. The smallest absolute Gasteiger partial charge is 0.251 e. The van der Waals surface area contributed by atoms with Gasteiger partial charge in [-0.1, -0.05) is 46.4 Å². The molecule has 0 saturated carbocycles. The molecule has 2 fully saturated rings. The van der Waals surface area contributed by atoms with E-state index in [1.165, 1.54) is 19.4 Å². The van der Waals surface area contributed by atoms with E-state index >= 15 is 0 Å². The highest BCUT2D eigenvalue weighted by atomic mass is 16.2. The Bertz CT molecular complexity index is 1190. The van der Waals surface area contributed by atoms with Crippen molar-refractivity contribution in [3.8, 4) is 0 Å². The Kier molecular flexibility index (Phi) is 9.93. The molecule has 0 spiro atoms. The molecule has 37 heavy (non-hydrogen) atoms. The molecule has 200 valence electrons. The molecule has 3 aliphatic heterocycles. The van der Waals surface area contributed by atoms with Gasteiger partial charge in [0.1, 0.15) is 5.65 Å². The van der Waals surface area contributed by atoms with E-state index < -0.39 is 0 Å². The van der Waals surface area contributed by atoms with E-state index in [4.69, 9.17) is 0 Å². The predicted octanol–water partition coefficient (Wildman–Crippen LogP) is 6.15. The van der Waals surface area contributed by atoms with Crippen molar-refractivity contribution in [1.82, 2.24) is 24.1 Å². The summed E-state index contributed by atoms with van der Waals surface area (Å²) in [6.45, 7) is 22.4. The minimum atomic E-state index is 0.00316. The van der Waals surface area contributed by atoms with Gasteiger partial charge < -0.3 is 14.2 Å². The second-order valence-corrected chi connectivity index (χ2v) is 9.51. The lowest BCUT2D eigenvalue weighted by atomic mass is 10.1. The van der Waals surface area contributed by atoms with Crippen molar-refractivity contribution in [2.24, 2.45) is 0 Å². The molecule has 6 nitrogen and oxygen atoms in total. The highest BCUT2D eigenvalue weighted by molar-refractivity contribution is 5.96. The molecule has 0 bridgehead atoms. The largest absolute Gasteiger partial charge is 0.368 e. The number of imidazole rings is 1. The molecule has 0 radical (unpaired) electrons. The van der Waals surface area contributed by atoms with Crippen molar-refractivity contribution in [1.29, 1.82) is 0 Å². The highest BCUT2D eigenvalue weighted by Gasteiger charge is 2.32. The third-order valence-electron chi connectivity index (χ3n) is 7.18. The number of hydrogen-bond donors (Lipinski definition) is 0. The van der Waals surface area contributed by atoms with Gasteiger partial charge in [0.25, 0.3) is 5.91 Å². The summed E-state index contributed by atoms with van der Waals surface area (Å²) in [6.07, 6.45) is 16.5. The minimum Gasteiger partial charge on any atom is -0.368 e. The number of fused-ring (bicyclic) bond motifs is 2. The van der Waals surface area contributed by atoms with Crippen molar-refractivity contribution in [3.05, 3.63) is 72.0 Å². The summed E-state index contributed by atoms with van der Waals surface area (Å²) < 4.78 is 2.01. The summed E-state index contributed by atoms with van der Waals surface area (Å²) >= 11 is 0. The van der Waals surface area contributed by atoms with Gasteiger partial charge in [-0.15, -0.1) is 0 Å². The van der Waals surface area contributed by atoms with Crippen LogP contribution in [0.25, 0.3) is 17.3 Å². The molecule has 3 aliphatic rings. The van der Waals surface area contributed by atoms with Crippen LogP contribution in [-0.4, -0.2) is 68.3 Å². The van der Waals surface area contributed by atoms with Crippen LogP contribution < -0.4 is 0 Å². The number of aromatic nitrogens is 2. The Balaban J connectivity index is 0.000000907. The first kappa shape index (κ1) is 28.5. The number of nitrogens with zero attached hydrogens (tertiary/aromatic N) is 5. The van der Waals surface area contributed by atoms with Crippen molar-refractivity contribution < 1.29 is 4.79 Å². The van der Waals surface area contributed by atoms with Gasteiger partial charge in [0.05, 0.1) is 17.4 Å². The minimum absolute atomic E-state index is 0.00316. The third-order valence-corrected chi connectivity index (χ3v) is 7.18. The van der Waals surface area contributed by atoms with E-state index in [2.05, 4.69) is 46.5 Å². The van der Waals surface area contributed by atoms with E-state index in [-0.39, 0.29) is 11.9 Å². The van der Waals surface area contributed by atoms with Gasteiger partial charge in [-0.05, 0) is 63.4 Å². The monoisotopic (exact) mass is 503 g/mol. The zero-order valence-corrected chi connectivity index (χ0v) is 23.9. The van der Waals surface area contributed by atoms with Gasteiger partial charge in [-0.3, -0.25) is 9.69 Å². The normalized spacial score (nSPS) is 21.5. The summed E-state index contributed by atoms with van der Waals surface area (Å²) in [6, 6.07) is 2.73. The molecule has 5 heterocycles. The maximum absolute atomic E-state index is 13.3. The Morgan fingerprint density at radius 3 is 2.62 bits per heavy atom. The van der Waals surface area contributed by atoms with E-state index in [0.717, 1.165) is 53.4 Å². The number of rotatable bonds is 4. The van der Waals surface area contributed by atoms with Crippen LogP contribution in [0.3, 0.4) is 0 Å². The van der Waals surface area contributed by atoms with Crippen molar-refractivity contribution in [3.63, 3.8) is 0 Å².